The number of hydrogen-bond acceptors (Lipinski definition) is 8. The van der Waals surface area contributed by atoms with Gasteiger partial charge in [-0.3, -0.25) is 9.59 Å². The zero-order valence-electron chi connectivity index (χ0n) is 22.5. The second kappa shape index (κ2) is 10.5. The third-order valence-electron chi connectivity index (χ3n) is 7.38. The Morgan fingerprint density at radius 3 is 2.61 bits per heavy atom. The number of nitrogens with zero attached hydrogens (tertiary/aromatic N) is 2. The van der Waals surface area contributed by atoms with Crippen LogP contribution >= 0.6 is 11.8 Å². The number of H-pyrrole nitrogens is 1. The maximum Gasteiger partial charge on any atom is 0.254 e. The molecule has 1 amide bonds. The lowest BCUT2D eigenvalue weighted by Gasteiger charge is -2.36. The number of rotatable bonds is 7. The van der Waals surface area contributed by atoms with Crippen LogP contribution in [-0.2, 0) is 6.54 Å². The van der Waals surface area contributed by atoms with Gasteiger partial charge in [0.15, 0.2) is 17.9 Å². The van der Waals surface area contributed by atoms with Gasteiger partial charge in [-0.25, -0.2) is 4.98 Å². The standard InChI is InChI=1S/C28H34N4O5S/c1-16-10-23(38-5)21(27(34)31-16)12-29-26(33)19-11-20(22-14-35-15-30-22)25-24(17(19)2)36-28(37-25)8-6-18(7-9-28)13-32(3)4/h10-11,14-15,18H,6-9,12-13H2,1-5H3,(H,29,33)(H,31,34). The highest BCUT2D eigenvalue weighted by Gasteiger charge is 2.47. The van der Waals surface area contributed by atoms with Gasteiger partial charge < -0.3 is 29.1 Å². The summed E-state index contributed by atoms with van der Waals surface area (Å²) in [5.41, 5.74) is 3.46. The van der Waals surface area contributed by atoms with Crippen molar-refractivity contribution in [1.82, 2.24) is 20.2 Å². The van der Waals surface area contributed by atoms with Crippen LogP contribution in [0.2, 0.25) is 0 Å². The van der Waals surface area contributed by atoms with Crippen molar-refractivity contribution in [2.24, 2.45) is 5.92 Å². The van der Waals surface area contributed by atoms with E-state index in [0.717, 1.165) is 42.8 Å². The first-order chi connectivity index (χ1) is 18.2. The van der Waals surface area contributed by atoms with Gasteiger partial charge in [0.1, 0.15) is 12.0 Å². The fraction of sp³-hybridized carbons (Fsp3) is 0.464. The van der Waals surface area contributed by atoms with Crippen LogP contribution in [-0.4, -0.2) is 53.5 Å². The number of thioether (sulfide) groups is 1. The SMILES string of the molecule is CSc1cc(C)[nH]c(=O)c1CNC(=O)c1cc(-c2cocn2)c2c(c1C)OC1(CCC(CN(C)C)CC1)O2. The third kappa shape index (κ3) is 5.07. The Hall–Kier alpha value is -3.24. The Morgan fingerprint density at radius 1 is 1.21 bits per heavy atom. The molecule has 38 heavy (non-hydrogen) atoms. The molecule has 1 fully saturated rings. The maximum atomic E-state index is 13.5. The second-order valence-corrected chi connectivity index (χ2v) is 11.3. The summed E-state index contributed by atoms with van der Waals surface area (Å²) >= 11 is 1.48. The summed E-state index contributed by atoms with van der Waals surface area (Å²) in [6, 6.07) is 3.69. The van der Waals surface area contributed by atoms with E-state index >= 15 is 0 Å². The molecular weight excluding hydrogens is 504 g/mol. The van der Waals surface area contributed by atoms with Crippen LogP contribution in [0.1, 0.15) is 52.9 Å². The molecule has 1 spiro atoms. The van der Waals surface area contributed by atoms with Crippen molar-refractivity contribution >= 4 is 17.7 Å². The zero-order chi connectivity index (χ0) is 27.0. The lowest BCUT2D eigenvalue weighted by atomic mass is 9.85. The number of pyridine rings is 1. The number of fused-ring (bicyclic) bond motifs is 1. The van der Waals surface area contributed by atoms with Gasteiger partial charge in [-0.05, 0) is 65.1 Å². The molecule has 9 nitrogen and oxygen atoms in total. The summed E-state index contributed by atoms with van der Waals surface area (Å²) in [5, 5.41) is 2.93. The molecule has 0 saturated heterocycles. The molecule has 1 aliphatic heterocycles. The highest BCUT2D eigenvalue weighted by Crippen LogP contribution is 2.53. The lowest BCUT2D eigenvalue weighted by Crippen LogP contribution is -2.43. The number of hydrogen-bond donors (Lipinski definition) is 2. The van der Waals surface area contributed by atoms with Crippen LogP contribution < -0.4 is 20.3 Å². The average molecular weight is 539 g/mol. The van der Waals surface area contributed by atoms with E-state index in [9.17, 15) is 9.59 Å². The normalized spacial score (nSPS) is 20.3. The van der Waals surface area contributed by atoms with Crippen LogP contribution in [0.25, 0.3) is 11.3 Å². The summed E-state index contributed by atoms with van der Waals surface area (Å²) < 4.78 is 18.3. The van der Waals surface area contributed by atoms with Crippen molar-refractivity contribution in [3.8, 4) is 22.8 Å². The Kier molecular flexibility index (Phi) is 7.28. The van der Waals surface area contributed by atoms with E-state index in [1.54, 1.807) is 6.07 Å². The molecule has 3 heterocycles. The molecule has 10 heteroatoms. The van der Waals surface area contributed by atoms with Gasteiger partial charge in [0, 0.05) is 53.2 Å². The number of aromatic nitrogens is 2. The fourth-order valence-corrected chi connectivity index (χ4v) is 6.15. The molecule has 0 bridgehead atoms. The number of benzene rings is 1. The van der Waals surface area contributed by atoms with E-state index in [0.29, 0.717) is 45.4 Å². The summed E-state index contributed by atoms with van der Waals surface area (Å²) in [6.45, 7) is 4.85. The first-order valence-corrected chi connectivity index (χ1v) is 14.1. The Balaban J connectivity index is 1.44. The number of amides is 1. The topological polar surface area (TPSA) is 110 Å². The average Bonchev–Trinajstić information content (AvgIpc) is 3.53. The number of nitrogens with one attached hydrogen (secondary N) is 2. The van der Waals surface area contributed by atoms with E-state index in [1.165, 1.54) is 24.4 Å². The molecule has 1 aromatic carbocycles. The van der Waals surface area contributed by atoms with E-state index < -0.39 is 5.79 Å². The first kappa shape index (κ1) is 26.4. The minimum absolute atomic E-state index is 0.106. The number of carbonyl (C=O) groups excluding carboxylic acids is 1. The van der Waals surface area contributed by atoms with E-state index in [4.69, 9.17) is 13.9 Å². The van der Waals surface area contributed by atoms with Crippen LogP contribution in [0.15, 0.2) is 38.9 Å². The smallest absolute Gasteiger partial charge is 0.254 e. The largest absolute Gasteiger partial charge is 0.451 e. The predicted molar refractivity (Wildman–Crippen MR) is 146 cm³/mol. The monoisotopic (exact) mass is 538 g/mol. The molecule has 2 N–H and O–H groups in total. The number of carbonyl (C=O) groups is 1. The van der Waals surface area contributed by atoms with Crippen molar-refractivity contribution in [1.29, 1.82) is 0 Å². The van der Waals surface area contributed by atoms with Crippen molar-refractivity contribution in [3.63, 3.8) is 0 Å². The highest BCUT2D eigenvalue weighted by atomic mass is 32.2. The Morgan fingerprint density at radius 2 is 1.95 bits per heavy atom. The quantitative estimate of drug-likeness (QED) is 0.423. The number of aryl methyl sites for hydroxylation is 1. The maximum absolute atomic E-state index is 13.5. The molecule has 0 unspecified atom stereocenters. The van der Waals surface area contributed by atoms with Gasteiger partial charge in [-0.15, -0.1) is 11.8 Å². The summed E-state index contributed by atoms with van der Waals surface area (Å²) in [5.74, 6) is 0.714. The van der Waals surface area contributed by atoms with Crippen LogP contribution in [0, 0.1) is 19.8 Å². The van der Waals surface area contributed by atoms with Crippen LogP contribution in [0.5, 0.6) is 11.5 Å². The van der Waals surface area contributed by atoms with Gasteiger partial charge >= 0.3 is 0 Å². The van der Waals surface area contributed by atoms with Gasteiger partial charge in [0.05, 0.1) is 5.56 Å². The fourth-order valence-electron chi connectivity index (χ4n) is 5.44. The molecule has 1 aliphatic carbocycles. The summed E-state index contributed by atoms with van der Waals surface area (Å²) in [4.78, 5) is 36.2. The number of ether oxygens (including phenoxy) is 2. The molecular formula is C28H34N4O5S. The highest BCUT2D eigenvalue weighted by molar-refractivity contribution is 7.98. The molecule has 3 aromatic rings. The second-order valence-electron chi connectivity index (χ2n) is 10.5. The molecule has 2 aliphatic rings. The van der Waals surface area contributed by atoms with Gasteiger partial charge in [-0.1, -0.05) is 0 Å². The lowest BCUT2D eigenvalue weighted by molar-refractivity contribution is -0.114. The molecule has 5 rings (SSSR count). The van der Waals surface area contributed by atoms with Gasteiger partial charge in [0.2, 0.25) is 0 Å². The minimum Gasteiger partial charge on any atom is -0.451 e. The van der Waals surface area contributed by atoms with Crippen molar-refractivity contribution in [3.05, 3.63) is 57.5 Å². The van der Waals surface area contributed by atoms with Crippen molar-refractivity contribution in [2.75, 3.05) is 26.9 Å². The molecule has 202 valence electrons. The van der Waals surface area contributed by atoms with Crippen LogP contribution in [0.3, 0.4) is 0 Å². The first-order valence-electron chi connectivity index (χ1n) is 12.8. The van der Waals surface area contributed by atoms with E-state index in [1.807, 2.05) is 26.2 Å². The van der Waals surface area contributed by atoms with Gasteiger partial charge in [0.25, 0.3) is 17.3 Å². The van der Waals surface area contributed by atoms with Crippen LogP contribution in [0.4, 0.5) is 0 Å². The Bertz CT molecular complexity index is 1390. The zero-order valence-corrected chi connectivity index (χ0v) is 23.3. The molecule has 0 atom stereocenters. The Labute approximate surface area is 226 Å². The van der Waals surface area contributed by atoms with E-state index in [2.05, 4.69) is 34.3 Å². The number of aromatic amines is 1. The number of oxazole rings is 1. The predicted octanol–water partition coefficient (Wildman–Crippen LogP) is 4.52. The van der Waals surface area contributed by atoms with Crippen molar-refractivity contribution < 1.29 is 18.7 Å². The summed E-state index contributed by atoms with van der Waals surface area (Å²) in [6.07, 6.45) is 8.34. The van der Waals surface area contributed by atoms with E-state index in [-0.39, 0.29) is 18.0 Å². The van der Waals surface area contributed by atoms with Gasteiger partial charge in [-0.2, -0.15) is 0 Å². The van der Waals surface area contributed by atoms with Crippen molar-refractivity contribution in [2.45, 2.75) is 56.8 Å². The summed E-state index contributed by atoms with van der Waals surface area (Å²) in [7, 11) is 4.19. The molecule has 1 saturated carbocycles. The third-order valence-corrected chi connectivity index (χ3v) is 8.18. The molecule has 0 radical (unpaired) electrons. The minimum atomic E-state index is -0.744. The molecule has 2 aromatic heterocycles.